The van der Waals surface area contributed by atoms with Crippen molar-refractivity contribution in [2.45, 2.75) is 18.4 Å². The normalized spacial score (nSPS) is 28.3. The van der Waals surface area contributed by atoms with Gasteiger partial charge in [0.1, 0.15) is 5.54 Å². The summed E-state index contributed by atoms with van der Waals surface area (Å²) in [6.07, 6.45) is 0.629. The first-order chi connectivity index (χ1) is 7.13. The summed E-state index contributed by atoms with van der Waals surface area (Å²) in [5, 5.41) is 23.8. The molecule has 0 aromatic rings. The number of nitrogens with one attached hydrogen (secondary N) is 1. The van der Waals surface area contributed by atoms with E-state index in [0.717, 1.165) is 0 Å². The summed E-state index contributed by atoms with van der Waals surface area (Å²) >= 11 is 0. The van der Waals surface area contributed by atoms with Gasteiger partial charge in [0, 0.05) is 18.0 Å². The Hall–Kier alpha value is -1.77. The van der Waals surface area contributed by atoms with E-state index in [1.54, 1.807) is 0 Å². The third-order valence-electron chi connectivity index (χ3n) is 2.49. The van der Waals surface area contributed by atoms with Gasteiger partial charge in [-0.1, -0.05) is 5.11 Å². The Balaban J connectivity index is 2.36. The first-order valence-corrected chi connectivity index (χ1v) is 4.53. The monoisotopic (exact) mass is 209 g/mol. The van der Waals surface area contributed by atoms with Gasteiger partial charge in [0.2, 0.25) is 0 Å². The lowest BCUT2D eigenvalue weighted by molar-refractivity contribution is -0.146. The van der Waals surface area contributed by atoms with E-state index in [0.29, 0.717) is 19.4 Å². The summed E-state index contributed by atoms with van der Waals surface area (Å²) in [4.78, 5) is 13.1. The van der Waals surface area contributed by atoms with Gasteiger partial charge in [-0.25, -0.2) is 0 Å². The van der Waals surface area contributed by atoms with E-state index < -0.39 is 17.4 Å². The molecule has 0 unspecified atom stereocenters. The zero-order valence-corrected chi connectivity index (χ0v) is 8.05. The molecule has 0 radical (unpaired) electrons. The lowest BCUT2D eigenvalue weighted by atomic mass is 9.69. The van der Waals surface area contributed by atoms with Gasteiger partial charge in [-0.15, -0.1) is 0 Å². The highest BCUT2D eigenvalue weighted by Gasteiger charge is 2.47. The molecule has 1 rings (SSSR count). The second-order valence-corrected chi connectivity index (χ2v) is 3.52. The summed E-state index contributed by atoms with van der Waals surface area (Å²) in [5.74, 6) is -1.30. The number of carboxylic acid groups (broad SMARTS) is 1. The van der Waals surface area contributed by atoms with Gasteiger partial charge in [0.05, 0.1) is 12.0 Å². The smallest absolute Gasteiger partial charge is 0.306 e. The number of nitriles is 1. The van der Waals surface area contributed by atoms with E-state index in [1.807, 2.05) is 0 Å². The van der Waals surface area contributed by atoms with Crippen LogP contribution in [0.15, 0.2) is 5.11 Å². The predicted octanol–water partition coefficient (Wildman–Crippen LogP) is 0.643. The van der Waals surface area contributed by atoms with Gasteiger partial charge in [-0.2, -0.15) is 5.26 Å². The molecule has 80 valence electrons. The summed E-state index contributed by atoms with van der Waals surface area (Å²) in [7, 11) is 0. The Morgan fingerprint density at radius 2 is 2.47 bits per heavy atom. The largest absolute Gasteiger partial charge is 0.481 e. The quantitative estimate of drug-likeness (QED) is 0.298. The molecule has 1 aliphatic carbocycles. The van der Waals surface area contributed by atoms with E-state index in [4.69, 9.17) is 15.9 Å². The minimum absolute atomic E-state index is 0.262. The lowest BCUT2D eigenvalue weighted by Gasteiger charge is -2.40. The maximum Gasteiger partial charge on any atom is 0.306 e. The SMILES string of the molecule is N#CC1(NCCN=[N+]=[N-])CC(C(=O)O)C1. The summed E-state index contributed by atoms with van der Waals surface area (Å²) in [6, 6.07) is 2.07. The molecule has 0 aromatic carbocycles. The van der Waals surface area contributed by atoms with Crippen molar-refractivity contribution in [3.05, 3.63) is 10.4 Å². The molecular weight excluding hydrogens is 198 g/mol. The van der Waals surface area contributed by atoms with Crippen LogP contribution in [-0.4, -0.2) is 29.7 Å². The van der Waals surface area contributed by atoms with E-state index in [2.05, 4.69) is 21.4 Å². The number of azide groups is 1. The average Bonchev–Trinajstić information content (AvgIpc) is 2.15. The first kappa shape index (κ1) is 11.3. The lowest BCUT2D eigenvalue weighted by Crippen LogP contribution is -2.56. The molecule has 1 fully saturated rings. The molecular formula is C8H11N5O2. The molecule has 1 saturated carbocycles. The average molecular weight is 209 g/mol. The molecule has 7 heteroatoms. The van der Waals surface area contributed by atoms with Crippen molar-refractivity contribution in [3.8, 4) is 6.07 Å². The standard InChI is InChI=1S/C8H11N5O2/c9-5-8(11-1-2-12-13-10)3-6(4-8)7(14)15/h6,11H,1-4H2,(H,14,15). The van der Waals surface area contributed by atoms with Gasteiger partial charge >= 0.3 is 5.97 Å². The number of carboxylic acids is 1. The Labute approximate surface area is 86.3 Å². The van der Waals surface area contributed by atoms with Crippen molar-refractivity contribution in [3.63, 3.8) is 0 Å². The van der Waals surface area contributed by atoms with Crippen molar-refractivity contribution in [1.29, 1.82) is 5.26 Å². The number of hydrogen-bond donors (Lipinski definition) is 2. The van der Waals surface area contributed by atoms with Gasteiger partial charge < -0.3 is 5.11 Å². The molecule has 1 aliphatic rings. The highest BCUT2D eigenvalue weighted by atomic mass is 16.4. The van der Waals surface area contributed by atoms with E-state index >= 15 is 0 Å². The molecule has 0 amide bonds. The number of hydrogen-bond acceptors (Lipinski definition) is 4. The van der Waals surface area contributed by atoms with Crippen LogP contribution >= 0.6 is 0 Å². The minimum atomic E-state index is -0.863. The highest BCUT2D eigenvalue weighted by molar-refractivity contribution is 5.72. The first-order valence-electron chi connectivity index (χ1n) is 4.53. The fourth-order valence-electron chi connectivity index (χ4n) is 1.62. The molecule has 0 heterocycles. The van der Waals surface area contributed by atoms with Crippen molar-refractivity contribution >= 4 is 5.97 Å². The third kappa shape index (κ3) is 2.59. The van der Waals surface area contributed by atoms with Gasteiger partial charge in [-0.05, 0) is 18.4 Å². The van der Waals surface area contributed by atoms with Crippen molar-refractivity contribution in [1.82, 2.24) is 5.32 Å². The fourth-order valence-corrected chi connectivity index (χ4v) is 1.62. The predicted molar refractivity (Wildman–Crippen MR) is 50.7 cm³/mol. The van der Waals surface area contributed by atoms with Crippen LogP contribution in [0.4, 0.5) is 0 Å². The zero-order chi connectivity index (χ0) is 11.3. The maximum absolute atomic E-state index is 10.6. The molecule has 15 heavy (non-hydrogen) atoms. The number of aliphatic carboxylic acids is 1. The Kier molecular flexibility index (Phi) is 3.50. The van der Waals surface area contributed by atoms with E-state index in [-0.39, 0.29) is 6.54 Å². The van der Waals surface area contributed by atoms with Gasteiger partial charge in [-0.3, -0.25) is 10.1 Å². The molecule has 0 aliphatic heterocycles. The van der Waals surface area contributed by atoms with Crippen molar-refractivity contribution < 1.29 is 9.90 Å². The van der Waals surface area contributed by atoms with Crippen LogP contribution < -0.4 is 5.32 Å². The topological polar surface area (TPSA) is 122 Å². The molecule has 0 bridgehead atoms. The van der Waals surface area contributed by atoms with Crippen LogP contribution in [0.3, 0.4) is 0 Å². The molecule has 0 saturated heterocycles. The van der Waals surface area contributed by atoms with Crippen molar-refractivity contribution in [2.24, 2.45) is 11.0 Å². The van der Waals surface area contributed by atoms with E-state index in [1.165, 1.54) is 0 Å². The van der Waals surface area contributed by atoms with Crippen LogP contribution in [-0.2, 0) is 4.79 Å². The summed E-state index contributed by atoms with van der Waals surface area (Å²) in [5.41, 5.74) is 7.28. The zero-order valence-electron chi connectivity index (χ0n) is 8.05. The highest BCUT2D eigenvalue weighted by Crippen LogP contribution is 2.37. The molecule has 7 nitrogen and oxygen atoms in total. The van der Waals surface area contributed by atoms with Crippen LogP contribution in [0.1, 0.15) is 12.8 Å². The minimum Gasteiger partial charge on any atom is -0.481 e. The second kappa shape index (κ2) is 4.64. The molecule has 0 aromatic heterocycles. The second-order valence-electron chi connectivity index (χ2n) is 3.52. The van der Waals surface area contributed by atoms with Crippen LogP contribution in [0.2, 0.25) is 0 Å². The van der Waals surface area contributed by atoms with Crippen LogP contribution in [0.25, 0.3) is 10.4 Å². The number of carbonyl (C=O) groups is 1. The summed E-state index contributed by atoms with van der Waals surface area (Å²) in [6.45, 7) is 0.654. The number of nitrogens with zero attached hydrogens (tertiary/aromatic N) is 4. The molecule has 0 spiro atoms. The third-order valence-corrected chi connectivity index (χ3v) is 2.49. The Morgan fingerprint density at radius 1 is 1.80 bits per heavy atom. The number of rotatable bonds is 5. The van der Waals surface area contributed by atoms with Crippen LogP contribution in [0, 0.1) is 17.2 Å². The van der Waals surface area contributed by atoms with E-state index in [9.17, 15) is 4.79 Å². The Morgan fingerprint density at radius 3 is 2.93 bits per heavy atom. The molecule has 0 atom stereocenters. The maximum atomic E-state index is 10.6. The van der Waals surface area contributed by atoms with Crippen molar-refractivity contribution in [2.75, 3.05) is 13.1 Å². The van der Waals surface area contributed by atoms with Gasteiger partial charge in [0.25, 0.3) is 0 Å². The Bertz CT molecular complexity index is 335. The fraction of sp³-hybridized carbons (Fsp3) is 0.750. The van der Waals surface area contributed by atoms with Gasteiger partial charge in [0.15, 0.2) is 0 Å². The van der Waals surface area contributed by atoms with Crippen LogP contribution in [0.5, 0.6) is 0 Å². The molecule has 2 N–H and O–H groups in total. The summed E-state index contributed by atoms with van der Waals surface area (Å²) < 4.78 is 0.